The van der Waals surface area contributed by atoms with Gasteiger partial charge in [0.2, 0.25) is 0 Å². The first-order valence-corrected chi connectivity index (χ1v) is 7.66. The molecule has 2 aromatic heterocycles. The maximum atomic E-state index is 5.59. The van der Waals surface area contributed by atoms with Crippen LogP contribution in [0.3, 0.4) is 0 Å². The Morgan fingerprint density at radius 3 is 3.05 bits per heavy atom. The minimum Gasteiger partial charge on any atom is -0.380 e. The summed E-state index contributed by atoms with van der Waals surface area (Å²) in [4.78, 5) is 13.4. The number of aromatic nitrogens is 3. The van der Waals surface area contributed by atoms with Gasteiger partial charge in [-0.3, -0.25) is 4.90 Å². The van der Waals surface area contributed by atoms with Crippen LogP contribution in [-0.2, 0) is 11.3 Å². The fraction of sp³-hybridized carbons (Fsp3) is 0.353. The van der Waals surface area contributed by atoms with Crippen LogP contribution in [0.15, 0.2) is 42.9 Å². The molecule has 0 saturated carbocycles. The van der Waals surface area contributed by atoms with Gasteiger partial charge in [-0.25, -0.2) is 4.98 Å². The van der Waals surface area contributed by atoms with E-state index in [-0.39, 0.29) is 12.1 Å². The molecule has 0 bridgehead atoms. The van der Waals surface area contributed by atoms with Crippen molar-refractivity contribution in [3.63, 3.8) is 0 Å². The Hall–Kier alpha value is -2.11. The van der Waals surface area contributed by atoms with E-state index >= 15 is 0 Å². The number of H-pyrrole nitrogens is 2. The van der Waals surface area contributed by atoms with Gasteiger partial charge in [-0.15, -0.1) is 0 Å². The number of benzene rings is 1. The molecule has 1 aliphatic rings. The van der Waals surface area contributed by atoms with Crippen LogP contribution in [0, 0.1) is 0 Å². The van der Waals surface area contributed by atoms with Gasteiger partial charge in [-0.05, 0) is 24.1 Å². The number of likely N-dealkylation sites (tertiary alicyclic amines) is 1. The van der Waals surface area contributed by atoms with Gasteiger partial charge in [-0.1, -0.05) is 12.1 Å². The van der Waals surface area contributed by atoms with Crippen LogP contribution in [0.25, 0.3) is 10.9 Å². The van der Waals surface area contributed by atoms with Crippen LogP contribution in [0.2, 0.25) is 0 Å². The molecule has 0 amide bonds. The van der Waals surface area contributed by atoms with Crippen LogP contribution in [0.5, 0.6) is 0 Å². The fourth-order valence-corrected chi connectivity index (χ4v) is 3.46. The van der Waals surface area contributed by atoms with Gasteiger partial charge in [0.1, 0.15) is 5.82 Å². The zero-order chi connectivity index (χ0) is 14.9. The highest BCUT2D eigenvalue weighted by Gasteiger charge is 2.34. The second-order valence-electron chi connectivity index (χ2n) is 5.87. The lowest BCUT2D eigenvalue weighted by molar-refractivity contribution is 0.107. The van der Waals surface area contributed by atoms with E-state index in [4.69, 9.17) is 4.74 Å². The van der Waals surface area contributed by atoms with Crippen molar-refractivity contribution in [3.8, 4) is 0 Å². The van der Waals surface area contributed by atoms with E-state index in [0.717, 1.165) is 25.3 Å². The predicted molar refractivity (Wildman–Crippen MR) is 85.5 cm³/mol. The molecule has 1 aliphatic heterocycles. The van der Waals surface area contributed by atoms with Crippen molar-refractivity contribution in [2.45, 2.75) is 25.1 Å². The number of ether oxygens (including phenoxy) is 1. The normalized spacial score (nSPS) is 22.6. The molecule has 0 spiro atoms. The topological polar surface area (TPSA) is 56.9 Å². The molecule has 1 aromatic carbocycles. The highest BCUT2D eigenvalue weighted by Crippen LogP contribution is 2.33. The largest absolute Gasteiger partial charge is 0.380 e. The van der Waals surface area contributed by atoms with E-state index in [1.165, 1.54) is 16.5 Å². The number of hydrogen-bond donors (Lipinski definition) is 2. The average Bonchev–Trinajstić information content (AvgIpc) is 3.27. The van der Waals surface area contributed by atoms with Crippen LogP contribution in [0.4, 0.5) is 0 Å². The second kappa shape index (κ2) is 5.59. The number of hydrogen-bond acceptors (Lipinski definition) is 3. The van der Waals surface area contributed by atoms with Crippen molar-refractivity contribution in [2.75, 3.05) is 13.7 Å². The van der Waals surface area contributed by atoms with Gasteiger partial charge in [0.25, 0.3) is 0 Å². The van der Waals surface area contributed by atoms with E-state index < -0.39 is 0 Å². The van der Waals surface area contributed by atoms with Crippen molar-refractivity contribution >= 4 is 10.9 Å². The third kappa shape index (κ3) is 2.32. The first-order valence-electron chi connectivity index (χ1n) is 7.66. The lowest BCUT2D eigenvalue weighted by Crippen LogP contribution is -2.25. The van der Waals surface area contributed by atoms with E-state index in [1.54, 1.807) is 7.11 Å². The summed E-state index contributed by atoms with van der Waals surface area (Å²) in [7, 11) is 1.79. The molecule has 3 aromatic rings. The first kappa shape index (κ1) is 13.5. The fourth-order valence-electron chi connectivity index (χ4n) is 3.46. The number of rotatable bonds is 4. The molecule has 1 unspecified atom stereocenters. The van der Waals surface area contributed by atoms with Crippen LogP contribution in [-0.4, -0.2) is 39.6 Å². The van der Waals surface area contributed by atoms with Gasteiger partial charge < -0.3 is 14.7 Å². The summed E-state index contributed by atoms with van der Waals surface area (Å²) >= 11 is 0. The molecule has 2 N–H and O–H groups in total. The van der Waals surface area contributed by atoms with Crippen molar-refractivity contribution in [1.82, 2.24) is 19.9 Å². The van der Waals surface area contributed by atoms with Crippen molar-refractivity contribution in [1.29, 1.82) is 0 Å². The monoisotopic (exact) mass is 296 g/mol. The number of nitrogens with one attached hydrogen (secondary N) is 2. The zero-order valence-corrected chi connectivity index (χ0v) is 12.6. The van der Waals surface area contributed by atoms with Gasteiger partial charge in [0.15, 0.2) is 0 Å². The smallest absolute Gasteiger partial charge is 0.123 e. The summed E-state index contributed by atoms with van der Waals surface area (Å²) in [5.74, 6) is 1.03. The molecule has 1 fully saturated rings. The average molecular weight is 296 g/mol. The third-order valence-corrected chi connectivity index (χ3v) is 4.59. The Kier molecular flexibility index (Phi) is 3.44. The number of imidazole rings is 1. The summed E-state index contributed by atoms with van der Waals surface area (Å²) in [5.41, 5.74) is 2.53. The number of fused-ring (bicyclic) bond motifs is 1. The van der Waals surface area contributed by atoms with Crippen molar-refractivity contribution < 1.29 is 4.74 Å². The quantitative estimate of drug-likeness (QED) is 0.778. The van der Waals surface area contributed by atoms with Gasteiger partial charge in [-0.2, -0.15) is 0 Å². The Labute approximate surface area is 129 Å². The lowest BCUT2D eigenvalue weighted by atomic mass is 10.1. The predicted octanol–water partition coefficient (Wildman–Crippen LogP) is 2.85. The molecule has 0 aliphatic carbocycles. The number of nitrogens with zero attached hydrogens (tertiary/aromatic N) is 2. The minimum absolute atomic E-state index is 0.264. The Balaban J connectivity index is 1.64. The summed E-state index contributed by atoms with van der Waals surface area (Å²) < 4.78 is 5.59. The molecular formula is C17H20N4O. The Morgan fingerprint density at radius 2 is 2.23 bits per heavy atom. The maximum absolute atomic E-state index is 5.59. The molecule has 22 heavy (non-hydrogen) atoms. The zero-order valence-electron chi connectivity index (χ0n) is 12.6. The maximum Gasteiger partial charge on any atom is 0.123 e. The van der Waals surface area contributed by atoms with Crippen LogP contribution in [0.1, 0.15) is 23.9 Å². The molecule has 5 nitrogen and oxygen atoms in total. The first-order chi connectivity index (χ1) is 10.8. The lowest BCUT2D eigenvalue weighted by Gasteiger charge is -2.23. The highest BCUT2D eigenvalue weighted by molar-refractivity contribution is 5.82. The second-order valence-corrected chi connectivity index (χ2v) is 5.87. The van der Waals surface area contributed by atoms with Crippen molar-refractivity contribution in [3.05, 3.63) is 54.2 Å². The summed E-state index contributed by atoms with van der Waals surface area (Å²) in [5, 5.41) is 1.29. The van der Waals surface area contributed by atoms with E-state index in [0.29, 0.717) is 0 Å². The SMILES string of the molecule is CO[C@@H]1CC(c2ncc[nH]2)N(Cc2cccc3[nH]ccc23)C1. The van der Waals surface area contributed by atoms with E-state index in [2.05, 4.69) is 44.1 Å². The van der Waals surface area contributed by atoms with E-state index in [1.807, 2.05) is 18.6 Å². The minimum atomic E-state index is 0.264. The number of aromatic amines is 2. The summed E-state index contributed by atoms with van der Waals surface area (Å²) in [6.45, 7) is 1.84. The number of methoxy groups -OCH3 is 1. The molecule has 4 rings (SSSR count). The van der Waals surface area contributed by atoms with Gasteiger partial charge >= 0.3 is 0 Å². The van der Waals surface area contributed by atoms with Crippen LogP contribution >= 0.6 is 0 Å². The van der Waals surface area contributed by atoms with Crippen LogP contribution < -0.4 is 0 Å². The Morgan fingerprint density at radius 1 is 1.27 bits per heavy atom. The molecule has 1 saturated heterocycles. The van der Waals surface area contributed by atoms with Gasteiger partial charge in [0.05, 0.1) is 12.1 Å². The van der Waals surface area contributed by atoms with Gasteiger partial charge in [0, 0.05) is 49.7 Å². The summed E-state index contributed by atoms with van der Waals surface area (Å²) in [6.07, 6.45) is 6.95. The highest BCUT2D eigenvalue weighted by atomic mass is 16.5. The Bertz CT molecular complexity index is 749. The summed E-state index contributed by atoms with van der Waals surface area (Å²) in [6, 6.07) is 8.87. The standard InChI is InChI=1S/C17H20N4O/c1-22-13-9-16(17-19-7-8-20-17)21(11-13)10-12-3-2-4-15-14(12)5-6-18-15/h2-8,13,16,18H,9-11H2,1H3,(H,19,20)/t13-,16?/m1/s1. The molecule has 2 atom stereocenters. The molecule has 3 heterocycles. The molecule has 0 radical (unpaired) electrons. The third-order valence-electron chi connectivity index (χ3n) is 4.59. The molecule has 114 valence electrons. The molecular weight excluding hydrogens is 276 g/mol. The van der Waals surface area contributed by atoms with Crippen molar-refractivity contribution in [2.24, 2.45) is 0 Å². The molecule has 5 heteroatoms. The van der Waals surface area contributed by atoms with E-state index in [9.17, 15) is 0 Å².